The summed E-state index contributed by atoms with van der Waals surface area (Å²) >= 11 is 5.75. The summed E-state index contributed by atoms with van der Waals surface area (Å²) in [5.41, 5.74) is 0.141. The minimum Gasteiger partial charge on any atom is -0.508 e. The second kappa shape index (κ2) is 6.09. The number of hydrogen-bond acceptors (Lipinski definition) is 3. The fraction of sp³-hybridized carbons (Fsp3) is 0.231. The van der Waals surface area contributed by atoms with Crippen molar-refractivity contribution in [2.24, 2.45) is 0 Å². The summed E-state index contributed by atoms with van der Waals surface area (Å²) < 4.78 is 26.4. The van der Waals surface area contributed by atoms with E-state index >= 15 is 0 Å². The SMILES string of the molecule is Cc1c(Cl)c(C(F)F)nn1CC(=O)Nc1cccc(O)c1. The Bertz CT molecular complexity index is 673. The highest BCUT2D eigenvalue weighted by molar-refractivity contribution is 6.31. The normalized spacial score (nSPS) is 10.9. The number of aromatic nitrogens is 2. The van der Waals surface area contributed by atoms with Crippen LogP contribution in [0, 0.1) is 6.92 Å². The number of aromatic hydroxyl groups is 1. The third-order valence-electron chi connectivity index (χ3n) is 2.79. The van der Waals surface area contributed by atoms with Crippen molar-refractivity contribution < 1.29 is 18.7 Å². The van der Waals surface area contributed by atoms with Crippen LogP contribution in [0.25, 0.3) is 0 Å². The van der Waals surface area contributed by atoms with E-state index in [0.717, 1.165) is 4.68 Å². The Morgan fingerprint density at radius 2 is 2.24 bits per heavy atom. The van der Waals surface area contributed by atoms with Gasteiger partial charge >= 0.3 is 0 Å². The molecule has 0 aliphatic carbocycles. The number of carbonyl (C=O) groups excluding carboxylic acids is 1. The summed E-state index contributed by atoms with van der Waals surface area (Å²) in [5.74, 6) is -0.463. The smallest absolute Gasteiger partial charge is 0.283 e. The number of nitrogens with zero attached hydrogens (tertiary/aromatic N) is 2. The van der Waals surface area contributed by atoms with Crippen molar-refractivity contribution in [2.75, 3.05) is 5.32 Å². The molecule has 0 saturated carbocycles. The predicted molar refractivity (Wildman–Crippen MR) is 73.7 cm³/mol. The molecule has 0 bridgehead atoms. The van der Waals surface area contributed by atoms with Crippen LogP contribution in [-0.2, 0) is 11.3 Å². The molecule has 0 aliphatic rings. The molecule has 0 unspecified atom stereocenters. The fourth-order valence-corrected chi connectivity index (χ4v) is 1.98. The van der Waals surface area contributed by atoms with Crippen LogP contribution in [0.5, 0.6) is 5.75 Å². The van der Waals surface area contributed by atoms with Crippen molar-refractivity contribution in [1.29, 1.82) is 0 Å². The highest BCUT2D eigenvalue weighted by Crippen LogP contribution is 2.28. The van der Waals surface area contributed by atoms with Crippen LogP contribution < -0.4 is 5.32 Å². The van der Waals surface area contributed by atoms with Gasteiger partial charge in [0.1, 0.15) is 18.0 Å². The van der Waals surface area contributed by atoms with Gasteiger partial charge in [-0.3, -0.25) is 9.48 Å². The summed E-state index contributed by atoms with van der Waals surface area (Å²) in [4.78, 5) is 11.9. The van der Waals surface area contributed by atoms with Crippen LogP contribution >= 0.6 is 11.6 Å². The van der Waals surface area contributed by atoms with E-state index in [0.29, 0.717) is 5.69 Å². The molecule has 8 heteroatoms. The highest BCUT2D eigenvalue weighted by atomic mass is 35.5. The van der Waals surface area contributed by atoms with Crippen LogP contribution in [0.2, 0.25) is 5.02 Å². The molecule has 0 spiro atoms. The molecule has 21 heavy (non-hydrogen) atoms. The van der Waals surface area contributed by atoms with Crippen LogP contribution in [0.3, 0.4) is 0 Å². The van der Waals surface area contributed by atoms with Crippen molar-refractivity contribution in [3.8, 4) is 5.75 Å². The minimum atomic E-state index is -2.80. The maximum absolute atomic E-state index is 12.7. The van der Waals surface area contributed by atoms with E-state index in [1.165, 1.54) is 19.1 Å². The largest absolute Gasteiger partial charge is 0.508 e. The molecule has 0 radical (unpaired) electrons. The third kappa shape index (κ3) is 3.49. The highest BCUT2D eigenvalue weighted by Gasteiger charge is 2.21. The monoisotopic (exact) mass is 315 g/mol. The molecular formula is C13H12ClF2N3O2. The van der Waals surface area contributed by atoms with Gasteiger partial charge in [-0.2, -0.15) is 5.10 Å². The summed E-state index contributed by atoms with van der Waals surface area (Å²) in [6, 6.07) is 5.98. The fourth-order valence-electron chi connectivity index (χ4n) is 1.76. The zero-order valence-electron chi connectivity index (χ0n) is 11.0. The number of anilines is 1. The Balaban J connectivity index is 2.11. The summed E-state index contributed by atoms with van der Waals surface area (Å²) in [7, 11) is 0. The second-order valence-electron chi connectivity index (χ2n) is 4.34. The van der Waals surface area contributed by atoms with Gasteiger partial charge in [0.2, 0.25) is 5.91 Å². The van der Waals surface area contributed by atoms with Crippen LogP contribution in [0.1, 0.15) is 17.8 Å². The summed E-state index contributed by atoms with van der Waals surface area (Å²) in [6.45, 7) is 1.25. The first-order valence-corrected chi connectivity index (χ1v) is 6.36. The first-order chi connectivity index (χ1) is 9.88. The van der Waals surface area contributed by atoms with Crippen molar-refractivity contribution in [3.63, 3.8) is 0 Å². The lowest BCUT2D eigenvalue weighted by Gasteiger charge is -2.07. The topological polar surface area (TPSA) is 67.2 Å². The van der Waals surface area contributed by atoms with Gasteiger partial charge in [0.05, 0.1) is 10.7 Å². The second-order valence-corrected chi connectivity index (χ2v) is 4.72. The number of carbonyl (C=O) groups is 1. The van der Waals surface area contributed by atoms with E-state index in [1.807, 2.05) is 0 Å². The average Bonchev–Trinajstić information content (AvgIpc) is 2.67. The predicted octanol–water partition coefficient (Wildman–Crippen LogP) is 3.13. The van der Waals surface area contributed by atoms with Gasteiger partial charge in [0.25, 0.3) is 6.43 Å². The van der Waals surface area contributed by atoms with Crippen molar-refractivity contribution in [3.05, 3.63) is 40.7 Å². The van der Waals surface area contributed by atoms with Crippen LogP contribution in [0.4, 0.5) is 14.5 Å². The standard InChI is InChI=1S/C13H12ClF2N3O2/c1-7-11(14)12(13(15)16)18-19(7)6-10(21)17-8-3-2-4-9(20)5-8/h2-5,13,20H,6H2,1H3,(H,17,21). The first kappa shape index (κ1) is 15.2. The molecule has 112 valence electrons. The molecule has 5 nitrogen and oxygen atoms in total. The number of hydrogen-bond donors (Lipinski definition) is 2. The Morgan fingerprint density at radius 1 is 1.52 bits per heavy atom. The molecular weight excluding hydrogens is 304 g/mol. The number of nitrogens with one attached hydrogen (secondary N) is 1. The van der Waals surface area contributed by atoms with Crippen molar-refractivity contribution in [2.45, 2.75) is 19.9 Å². The average molecular weight is 316 g/mol. The van der Waals surface area contributed by atoms with Gasteiger partial charge in [-0.25, -0.2) is 8.78 Å². The van der Waals surface area contributed by atoms with Crippen molar-refractivity contribution >= 4 is 23.2 Å². The third-order valence-corrected chi connectivity index (χ3v) is 3.26. The number of halogens is 3. The van der Waals surface area contributed by atoms with E-state index in [-0.39, 0.29) is 23.0 Å². The molecule has 1 aromatic heterocycles. The zero-order chi connectivity index (χ0) is 15.6. The Hall–Kier alpha value is -2.15. The number of rotatable bonds is 4. The summed E-state index contributed by atoms with van der Waals surface area (Å²) in [6.07, 6.45) is -2.80. The maximum Gasteiger partial charge on any atom is 0.283 e. The van der Waals surface area contributed by atoms with Gasteiger partial charge in [-0.1, -0.05) is 17.7 Å². The van der Waals surface area contributed by atoms with E-state index in [1.54, 1.807) is 12.1 Å². The molecule has 1 aromatic carbocycles. The summed E-state index contributed by atoms with van der Waals surface area (Å²) in [5, 5.41) is 15.3. The molecule has 2 rings (SSSR count). The van der Waals surface area contributed by atoms with E-state index in [9.17, 15) is 18.7 Å². The Kier molecular flexibility index (Phi) is 4.42. The van der Waals surface area contributed by atoms with Gasteiger partial charge in [-0.15, -0.1) is 0 Å². The number of benzene rings is 1. The minimum absolute atomic E-state index is 0.00565. The number of phenolic OH excluding ortho intramolecular Hbond substituents is 1. The molecule has 2 N–H and O–H groups in total. The molecule has 0 aliphatic heterocycles. The van der Waals surface area contributed by atoms with Crippen LogP contribution in [0.15, 0.2) is 24.3 Å². The van der Waals surface area contributed by atoms with Gasteiger partial charge in [0.15, 0.2) is 0 Å². The lowest BCUT2D eigenvalue weighted by molar-refractivity contribution is -0.117. The zero-order valence-corrected chi connectivity index (χ0v) is 11.7. The quantitative estimate of drug-likeness (QED) is 0.911. The molecule has 1 amide bonds. The van der Waals surface area contributed by atoms with Crippen molar-refractivity contribution in [1.82, 2.24) is 9.78 Å². The molecule has 0 saturated heterocycles. The Morgan fingerprint density at radius 3 is 2.81 bits per heavy atom. The van der Waals surface area contributed by atoms with E-state index < -0.39 is 18.0 Å². The molecule has 2 aromatic rings. The lowest BCUT2D eigenvalue weighted by Crippen LogP contribution is -2.20. The maximum atomic E-state index is 12.7. The van der Waals surface area contributed by atoms with Crippen LogP contribution in [-0.4, -0.2) is 20.8 Å². The van der Waals surface area contributed by atoms with E-state index in [2.05, 4.69) is 10.4 Å². The molecule has 0 atom stereocenters. The Labute approximate surface area is 124 Å². The molecule has 0 fully saturated rings. The van der Waals surface area contributed by atoms with Gasteiger partial charge in [-0.05, 0) is 19.1 Å². The van der Waals surface area contributed by atoms with E-state index in [4.69, 9.17) is 11.6 Å². The number of phenols is 1. The number of alkyl halides is 2. The number of amides is 1. The first-order valence-electron chi connectivity index (χ1n) is 5.98. The van der Waals surface area contributed by atoms with Gasteiger partial charge < -0.3 is 10.4 Å². The van der Waals surface area contributed by atoms with Gasteiger partial charge in [0, 0.05) is 11.8 Å². The lowest BCUT2D eigenvalue weighted by atomic mass is 10.3. The molecule has 1 heterocycles.